The smallest absolute Gasteiger partial charge is 0.191 e. The van der Waals surface area contributed by atoms with E-state index in [4.69, 9.17) is 4.74 Å². The summed E-state index contributed by atoms with van der Waals surface area (Å²) in [6.07, 6.45) is 0. The van der Waals surface area contributed by atoms with Crippen molar-refractivity contribution in [1.82, 2.24) is 10.6 Å². The third kappa shape index (κ3) is 7.59. The molecular weight excluding hydrogens is 487 g/mol. The number of thiophene rings is 1. The van der Waals surface area contributed by atoms with E-state index in [0.29, 0.717) is 19.0 Å². The summed E-state index contributed by atoms with van der Waals surface area (Å²) in [6, 6.07) is 5.04. The monoisotopic (exact) mass is 511 g/mol. The van der Waals surface area contributed by atoms with E-state index in [1.807, 2.05) is 23.8 Å². The molecule has 2 aromatic rings. The van der Waals surface area contributed by atoms with Crippen LogP contribution in [0.3, 0.4) is 0 Å². The van der Waals surface area contributed by atoms with E-state index in [1.165, 1.54) is 17.4 Å². The highest BCUT2D eigenvalue weighted by Gasteiger charge is 2.23. The fraction of sp³-hybridized carbons (Fsp3) is 0.389. The van der Waals surface area contributed by atoms with Gasteiger partial charge in [0.15, 0.2) is 17.5 Å². The number of guanidine groups is 1. The molecule has 0 saturated carbocycles. The van der Waals surface area contributed by atoms with E-state index in [1.54, 1.807) is 6.92 Å². The lowest BCUT2D eigenvalue weighted by atomic mass is 10.00. The molecule has 0 bridgehead atoms. The van der Waals surface area contributed by atoms with E-state index in [0.717, 1.165) is 17.7 Å². The average Bonchev–Trinajstić information content (AvgIpc) is 3.13. The Morgan fingerprint density at radius 2 is 2.07 bits per heavy atom. The first-order valence-electron chi connectivity index (χ1n) is 8.27. The van der Waals surface area contributed by atoms with E-state index >= 15 is 0 Å². The van der Waals surface area contributed by atoms with Gasteiger partial charge in [-0.1, -0.05) is 0 Å². The number of hydrogen-bond acceptors (Lipinski definition) is 4. The molecule has 150 valence electrons. The fourth-order valence-corrected chi connectivity index (χ4v) is 2.94. The van der Waals surface area contributed by atoms with Gasteiger partial charge in [-0.25, -0.2) is 13.8 Å². The SMILES string of the molecule is CCNC(=NCC(C)(O)c1ccsc1)NCCOc1ccc(F)cc1F.I. The Hall–Kier alpha value is -1.46. The molecule has 0 aliphatic carbocycles. The third-order valence-electron chi connectivity index (χ3n) is 3.58. The zero-order valence-electron chi connectivity index (χ0n) is 15.2. The number of aliphatic imine (C=N–C) groups is 1. The molecular formula is C18H24F2IN3O2S. The summed E-state index contributed by atoms with van der Waals surface area (Å²) < 4.78 is 31.6. The van der Waals surface area contributed by atoms with Crippen LogP contribution in [0.4, 0.5) is 8.78 Å². The number of rotatable bonds is 8. The Kier molecular flexibility index (Phi) is 9.95. The van der Waals surface area contributed by atoms with Gasteiger partial charge in [0.1, 0.15) is 18.0 Å². The van der Waals surface area contributed by atoms with Gasteiger partial charge in [0, 0.05) is 12.6 Å². The van der Waals surface area contributed by atoms with Gasteiger partial charge in [-0.15, -0.1) is 24.0 Å². The molecule has 1 aromatic carbocycles. The molecule has 0 fully saturated rings. The van der Waals surface area contributed by atoms with Crippen molar-refractivity contribution in [2.75, 3.05) is 26.2 Å². The molecule has 1 atom stereocenters. The van der Waals surface area contributed by atoms with Crippen molar-refractivity contribution in [1.29, 1.82) is 0 Å². The average molecular weight is 511 g/mol. The summed E-state index contributed by atoms with van der Waals surface area (Å²) >= 11 is 1.52. The van der Waals surface area contributed by atoms with Gasteiger partial charge in [-0.3, -0.25) is 0 Å². The van der Waals surface area contributed by atoms with Crippen molar-refractivity contribution in [2.45, 2.75) is 19.4 Å². The van der Waals surface area contributed by atoms with E-state index in [-0.39, 0.29) is 42.9 Å². The number of hydrogen-bond donors (Lipinski definition) is 3. The Balaban J connectivity index is 0.00000364. The zero-order valence-corrected chi connectivity index (χ0v) is 18.3. The Morgan fingerprint density at radius 3 is 2.70 bits per heavy atom. The van der Waals surface area contributed by atoms with Gasteiger partial charge < -0.3 is 20.5 Å². The molecule has 0 aliphatic heterocycles. The van der Waals surface area contributed by atoms with Gasteiger partial charge in [0.2, 0.25) is 0 Å². The van der Waals surface area contributed by atoms with Gasteiger partial charge in [0.05, 0.1) is 13.1 Å². The summed E-state index contributed by atoms with van der Waals surface area (Å²) in [5.41, 5.74) is -0.243. The maximum Gasteiger partial charge on any atom is 0.191 e. The summed E-state index contributed by atoms with van der Waals surface area (Å²) in [5.74, 6) is -0.869. The normalized spacial score (nSPS) is 13.4. The molecule has 0 amide bonds. The highest BCUT2D eigenvalue weighted by molar-refractivity contribution is 14.0. The van der Waals surface area contributed by atoms with Crippen molar-refractivity contribution in [3.8, 4) is 5.75 Å². The first-order valence-corrected chi connectivity index (χ1v) is 9.21. The number of ether oxygens (including phenoxy) is 1. The molecule has 3 N–H and O–H groups in total. The first kappa shape index (κ1) is 23.6. The zero-order chi connectivity index (χ0) is 19.0. The van der Waals surface area contributed by atoms with Crippen LogP contribution in [0.2, 0.25) is 0 Å². The minimum atomic E-state index is -1.06. The predicted octanol–water partition coefficient (Wildman–Crippen LogP) is 3.49. The van der Waals surface area contributed by atoms with Crippen LogP contribution in [-0.2, 0) is 5.60 Å². The number of aliphatic hydroxyl groups is 1. The lowest BCUT2D eigenvalue weighted by molar-refractivity contribution is 0.0677. The van der Waals surface area contributed by atoms with Gasteiger partial charge in [0.25, 0.3) is 0 Å². The van der Waals surface area contributed by atoms with E-state index < -0.39 is 17.2 Å². The van der Waals surface area contributed by atoms with Crippen LogP contribution in [0.15, 0.2) is 40.0 Å². The number of nitrogens with one attached hydrogen (secondary N) is 2. The molecule has 1 heterocycles. The van der Waals surface area contributed by atoms with E-state index in [2.05, 4.69) is 15.6 Å². The summed E-state index contributed by atoms with van der Waals surface area (Å²) in [7, 11) is 0. The molecule has 0 aliphatic rings. The maximum absolute atomic E-state index is 13.5. The fourth-order valence-electron chi connectivity index (χ4n) is 2.16. The van der Waals surface area contributed by atoms with Gasteiger partial charge >= 0.3 is 0 Å². The Morgan fingerprint density at radius 1 is 1.30 bits per heavy atom. The van der Waals surface area contributed by atoms with Crippen LogP contribution < -0.4 is 15.4 Å². The van der Waals surface area contributed by atoms with Crippen LogP contribution >= 0.6 is 35.3 Å². The van der Waals surface area contributed by atoms with Crippen molar-refractivity contribution in [3.63, 3.8) is 0 Å². The largest absolute Gasteiger partial charge is 0.489 e. The molecule has 5 nitrogen and oxygen atoms in total. The standard InChI is InChI=1S/C18H23F2N3O2S.HI/c1-3-21-17(23-12-18(2,24)13-6-9-26-11-13)22-7-8-25-16-5-4-14(19)10-15(16)20;/h4-6,9-11,24H,3,7-8,12H2,1-2H3,(H2,21,22,23);1H. The summed E-state index contributed by atoms with van der Waals surface area (Å²) in [5, 5.41) is 20.4. The van der Waals surface area contributed by atoms with Crippen LogP contribution in [-0.4, -0.2) is 37.3 Å². The van der Waals surface area contributed by atoms with Crippen molar-refractivity contribution in [2.24, 2.45) is 4.99 Å². The second-order valence-electron chi connectivity index (χ2n) is 5.83. The minimum absolute atomic E-state index is 0. The van der Waals surface area contributed by atoms with Crippen molar-refractivity contribution >= 4 is 41.3 Å². The number of nitrogens with zero attached hydrogens (tertiary/aromatic N) is 1. The molecule has 0 spiro atoms. The third-order valence-corrected chi connectivity index (χ3v) is 4.26. The molecule has 27 heavy (non-hydrogen) atoms. The molecule has 0 radical (unpaired) electrons. The van der Waals surface area contributed by atoms with Crippen molar-refractivity contribution < 1.29 is 18.6 Å². The second-order valence-corrected chi connectivity index (χ2v) is 6.61. The first-order chi connectivity index (χ1) is 12.4. The molecule has 1 aromatic heterocycles. The quantitative estimate of drug-likeness (QED) is 0.220. The highest BCUT2D eigenvalue weighted by Crippen LogP contribution is 2.23. The predicted molar refractivity (Wildman–Crippen MR) is 115 cm³/mol. The maximum atomic E-state index is 13.5. The van der Waals surface area contributed by atoms with Crippen LogP contribution in [0, 0.1) is 11.6 Å². The Bertz CT molecular complexity index is 727. The summed E-state index contributed by atoms with van der Waals surface area (Å²) in [6.45, 7) is 5.02. The summed E-state index contributed by atoms with van der Waals surface area (Å²) in [4.78, 5) is 4.38. The number of benzene rings is 1. The van der Waals surface area contributed by atoms with Crippen LogP contribution in [0.5, 0.6) is 5.75 Å². The second kappa shape index (κ2) is 11.4. The van der Waals surface area contributed by atoms with Crippen molar-refractivity contribution in [3.05, 3.63) is 52.2 Å². The molecule has 1 unspecified atom stereocenters. The molecule has 0 saturated heterocycles. The van der Waals surface area contributed by atoms with Gasteiger partial charge in [-0.2, -0.15) is 11.3 Å². The topological polar surface area (TPSA) is 65.9 Å². The lowest BCUT2D eigenvalue weighted by Crippen LogP contribution is -2.40. The lowest BCUT2D eigenvalue weighted by Gasteiger charge is -2.21. The number of halogens is 3. The molecule has 9 heteroatoms. The minimum Gasteiger partial charge on any atom is -0.489 e. The van der Waals surface area contributed by atoms with E-state index in [9.17, 15) is 13.9 Å². The Labute approximate surface area is 178 Å². The van der Waals surface area contributed by atoms with Crippen LogP contribution in [0.25, 0.3) is 0 Å². The van der Waals surface area contributed by atoms with Crippen LogP contribution in [0.1, 0.15) is 19.4 Å². The highest BCUT2D eigenvalue weighted by atomic mass is 127. The molecule has 2 rings (SSSR count). The van der Waals surface area contributed by atoms with Gasteiger partial charge in [-0.05, 0) is 48.4 Å².